The highest BCUT2D eigenvalue weighted by molar-refractivity contribution is 7.89. The van der Waals surface area contributed by atoms with E-state index in [0.717, 1.165) is 23.5 Å². The number of rotatable bonds is 13. The van der Waals surface area contributed by atoms with Crippen LogP contribution in [0.2, 0.25) is 5.02 Å². The summed E-state index contributed by atoms with van der Waals surface area (Å²) in [4.78, 5) is 10.7. The summed E-state index contributed by atoms with van der Waals surface area (Å²) in [6.07, 6.45) is -10.4. The fraction of sp³-hybridized carbons (Fsp3) is 0.476. The van der Waals surface area contributed by atoms with Crippen LogP contribution in [0.4, 0.5) is 39.5 Å². The van der Waals surface area contributed by atoms with Gasteiger partial charge in [0.25, 0.3) is 0 Å². The quantitative estimate of drug-likeness (QED) is 0.235. The van der Waals surface area contributed by atoms with Crippen LogP contribution in [0.3, 0.4) is 0 Å². The van der Waals surface area contributed by atoms with Crippen molar-refractivity contribution in [2.24, 2.45) is 0 Å². The molecule has 0 saturated carbocycles. The molecule has 1 unspecified atom stereocenters. The molecular weight excluding hydrogens is 601 g/mol. The number of aryl methyl sites for hydroxylation is 1. The highest BCUT2D eigenvalue weighted by Crippen LogP contribution is 2.54. The van der Waals surface area contributed by atoms with Crippen LogP contribution >= 0.6 is 22.9 Å². The zero-order valence-electron chi connectivity index (χ0n) is 18.8. The SMILES string of the molecule is O=C(O)CCCc1ccc(C(CCC(F)(F)C(F)(F)C(F)(F)C(F)(F)F)NS(=O)(=O)c2ccc(Cl)cc2)s1. The molecule has 2 rings (SSSR count). The molecule has 214 valence electrons. The monoisotopic (exact) mass is 619 g/mol. The molecule has 1 aromatic carbocycles. The predicted molar refractivity (Wildman–Crippen MR) is 120 cm³/mol. The normalized spacial score (nSPS) is 14.5. The average Bonchev–Trinajstić information content (AvgIpc) is 3.24. The van der Waals surface area contributed by atoms with Gasteiger partial charge in [0.2, 0.25) is 10.0 Å². The van der Waals surface area contributed by atoms with Gasteiger partial charge in [-0.3, -0.25) is 4.79 Å². The van der Waals surface area contributed by atoms with Crippen molar-refractivity contribution in [2.45, 2.75) is 67.0 Å². The molecule has 2 aromatic rings. The lowest BCUT2D eigenvalue weighted by molar-refractivity contribution is -0.396. The minimum absolute atomic E-state index is 0.0467. The Morgan fingerprint density at radius 1 is 0.947 bits per heavy atom. The fourth-order valence-electron chi connectivity index (χ4n) is 3.15. The standard InChI is InChI=1S/C21H19ClF9NO4S2/c22-12-4-7-14(8-5-12)38(35,36)32-15(16-9-6-13(37-16)2-1-3-17(33)34)10-11-18(23,24)19(25,26)20(27,28)21(29,30)31/h4-9,15,32H,1-3,10-11H2,(H,33,34). The van der Waals surface area contributed by atoms with Gasteiger partial charge in [0.15, 0.2) is 0 Å². The molecule has 1 heterocycles. The number of carbonyl (C=O) groups is 1. The Balaban J connectivity index is 2.36. The summed E-state index contributed by atoms with van der Waals surface area (Å²) in [5.41, 5.74) is 0. The van der Waals surface area contributed by atoms with Crippen molar-refractivity contribution < 1.29 is 57.8 Å². The number of carboxylic acids is 1. The van der Waals surface area contributed by atoms with E-state index >= 15 is 0 Å². The van der Waals surface area contributed by atoms with Crippen LogP contribution < -0.4 is 4.72 Å². The molecular formula is C21H19ClF9NO4S2. The lowest BCUT2D eigenvalue weighted by atomic mass is 9.97. The number of hydrogen-bond acceptors (Lipinski definition) is 4. The number of thiophene rings is 1. The van der Waals surface area contributed by atoms with Gasteiger partial charge in [0, 0.05) is 27.6 Å². The summed E-state index contributed by atoms with van der Waals surface area (Å²) in [5, 5.41) is 8.86. The largest absolute Gasteiger partial charge is 0.481 e. The van der Waals surface area contributed by atoms with E-state index in [-0.39, 0.29) is 29.2 Å². The number of aliphatic carboxylic acids is 1. The van der Waals surface area contributed by atoms with Crippen LogP contribution in [-0.4, -0.2) is 43.4 Å². The van der Waals surface area contributed by atoms with Crippen LogP contribution in [-0.2, 0) is 21.2 Å². The van der Waals surface area contributed by atoms with Crippen molar-refractivity contribution in [3.63, 3.8) is 0 Å². The molecule has 0 aliphatic carbocycles. The summed E-state index contributed by atoms with van der Waals surface area (Å²) in [6.45, 7) is 0. The number of nitrogens with one attached hydrogen (secondary N) is 1. The Labute approximate surface area is 219 Å². The highest BCUT2D eigenvalue weighted by Gasteiger charge is 2.81. The maximum atomic E-state index is 14.2. The molecule has 17 heteroatoms. The Hall–Kier alpha value is -2.04. The maximum Gasteiger partial charge on any atom is 0.460 e. The van der Waals surface area contributed by atoms with Crippen molar-refractivity contribution in [1.82, 2.24) is 4.72 Å². The zero-order valence-corrected chi connectivity index (χ0v) is 21.2. The third-order valence-corrected chi connectivity index (χ3v) is 8.22. The first-order valence-corrected chi connectivity index (χ1v) is 13.2. The van der Waals surface area contributed by atoms with Gasteiger partial charge in [-0.1, -0.05) is 11.6 Å². The van der Waals surface area contributed by atoms with E-state index in [0.29, 0.717) is 4.88 Å². The number of alkyl halides is 9. The predicted octanol–water partition coefficient (Wildman–Crippen LogP) is 7.08. The molecule has 1 aromatic heterocycles. The molecule has 0 amide bonds. The van der Waals surface area contributed by atoms with E-state index in [1.54, 1.807) is 0 Å². The maximum absolute atomic E-state index is 14.2. The first kappa shape index (κ1) is 32.2. The molecule has 0 spiro atoms. The second-order valence-electron chi connectivity index (χ2n) is 8.07. The molecule has 0 fully saturated rings. The number of benzene rings is 1. The topological polar surface area (TPSA) is 83.5 Å². The Bertz CT molecular complexity index is 1220. The first-order chi connectivity index (χ1) is 17.2. The van der Waals surface area contributed by atoms with Gasteiger partial charge in [-0.25, -0.2) is 13.1 Å². The second-order valence-corrected chi connectivity index (χ2v) is 11.4. The lowest BCUT2D eigenvalue weighted by Gasteiger charge is -2.34. The van der Waals surface area contributed by atoms with Crippen molar-refractivity contribution >= 4 is 38.9 Å². The summed E-state index contributed by atoms with van der Waals surface area (Å²) < 4.78 is 147. The van der Waals surface area contributed by atoms with E-state index in [4.69, 9.17) is 16.7 Å². The van der Waals surface area contributed by atoms with Gasteiger partial charge in [0.05, 0.1) is 10.9 Å². The Morgan fingerprint density at radius 2 is 1.53 bits per heavy atom. The number of halogens is 10. The fourth-order valence-corrected chi connectivity index (χ4v) is 5.74. The van der Waals surface area contributed by atoms with Crippen LogP contribution in [0.15, 0.2) is 41.3 Å². The van der Waals surface area contributed by atoms with Crippen LogP contribution in [0, 0.1) is 0 Å². The van der Waals surface area contributed by atoms with Crippen LogP contribution in [0.5, 0.6) is 0 Å². The number of carboxylic acid groups (broad SMARTS) is 1. The molecule has 0 bridgehead atoms. The molecule has 0 aliphatic heterocycles. The first-order valence-electron chi connectivity index (χ1n) is 10.5. The van der Waals surface area contributed by atoms with Crippen LogP contribution in [0.1, 0.15) is 41.5 Å². The van der Waals surface area contributed by atoms with E-state index in [1.165, 1.54) is 24.3 Å². The molecule has 38 heavy (non-hydrogen) atoms. The van der Waals surface area contributed by atoms with E-state index < -0.39 is 63.7 Å². The third kappa shape index (κ3) is 7.33. The second kappa shape index (κ2) is 11.6. The van der Waals surface area contributed by atoms with Crippen molar-refractivity contribution in [3.8, 4) is 0 Å². The van der Waals surface area contributed by atoms with Crippen molar-refractivity contribution in [3.05, 3.63) is 51.2 Å². The smallest absolute Gasteiger partial charge is 0.460 e. The molecule has 5 nitrogen and oxygen atoms in total. The Kier molecular flexibility index (Phi) is 9.82. The van der Waals surface area contributed by atoms with Gasteiger partial charge < -0.3 is 5.11 Å². The summed E-state index contributed by atoms with van der Waals surface area (Å²) >= 11 is 6.49. The summed E-state index contributed by atoms with van der Waals surface area (Å²) in [5.74, 6) is -20.9. The van der Waals surface area contributed by atoms with Crippen LogP contribution in [0.25, 0.3) is 0 Å². The molecule has 0 radical (unpaired) electrons. The molecule has 2 N–H and O–H groups in total. The minimum atomic E-state index is -7.07. The highest BCUT2D eigenvalue weighted by atomic mass is 35.5. The summed E-state index contributed by atoms with van der Waals surface area (Å²) in [6, 6.07) is 5.26. The lowest BCUT2D eigenvalue weighted by Crippen LogP contribution is -2.60. The molecule has 1 atom stereocenters. The van der Waals surface area contributed by atoms with Gasteiger partial charge in [-0.05, 0) is 55.7 Å². The van der Waals surface area contributed by atoms with Gasteiger partial charge in [-0.2, -0.15) is 39.5 Å². The third-order valence-electron chi connectivity index (χ3n) is 5.22. The van der Waals surface area contributed by atoms with Gasteiger partial charge in [-0.15, -0.1) is 11.3 Å². The van der Waals surface area contributed by atoms with Crippen molar-refractivity contribution in [2.75, 3.05) is 0 Å². The average molecular weight is 620 g/mol. The molecule has 0 saturated heterocycles. The number of hydrogen-bond donors (Lipinski definition) is 2. The molecule has 0 aliphatic rings. The van der Waals surface area contributed by atoms with Gasteiger partial charge >= 0.3 is 29.9 Å². The van der Waals surface area contributed by atoms with E-state index in [1.807, 2.05) is 4.72 Å². The Morgan fingerprint density at radius 3 is 2.05 bits per heavy atom. The van der Waals surface area contributed by atoms with Crippen molar-refractivity contribution in [1.29, 1.82) is 0 Å². The minimum Gasteiger partial charge on any atom is -0.481 e. The van der Waals surface area contributed by atoms with E-state index in [9.17, 15) is 52.7 Å². The number of sulfonamides is 1. The summed E-state index contributed by atoms with van der Waals surface area (Å²) in [7, 11) is -4.54. The van der Waals surface area contributed by atoms with E-state index in [2.05, 4.69) is 0 Å². The zero-order chi connectivity index (χ0) is 29.2. The van der Waals surface area contributed by atoms with Gasteiger partial charge in [0.1, 0.15) is 0 Å².